The Labute approximate surface area is 123 Å². The number of hydrogen-bond acceptors (Lipinski definition) is 3. The van der Waals surface area contributed by atoms with E-state index in [-0.39, 0.29) is 0 Å². The fraction of sp³-hybridized carbons (Fsp3) is 0.588. The van der Waals surface area contributed by atoms with Gasteiger partial charge in [-0.2, -0.15) is 0 Å². The van der Waals surface area contributed by atoms with Crippen molar-refractivity contribution in [2.75, 3.05) is 19.6 Å². The van der Waals surface area contributed by atoms with Gasteiger partial charge in [0.2, 0.25) is 0 Å². The first-order chi connectivity index (χ1) is 9.63. The Morgan fingerprint density at radius 3 is 2.70 bits per heavy atom. The molecule has 1 aromatic rings. The van der Waals surface area contributed by atoms with Crippen LogP contribution in [0.4, 0.5) is 0 Å². The van der Waals surface area contributed by atoms with E-state index in [4.69, 9.17) is 0 Å². The number of hydrogen-bond donors (Lipinski definition) is 1. The Hall–Kier alpha value is -1.19. The molecule has 20 heavy (non-hydrogen) atoms. The van der Waals surface area contributed by atoms with Gasteiger partial charge in [-0.05, 0) is 58.3 Å². The highest BCUT2D eigenvalue weighted by molar-refractivity contribution is 5.12. The highest BCUT2D eigenvalue weighted by Crippen LogP contribution is 2.11. The second kappa shape index (κ2) is 7.55. The number of allylic oxidation sites excluding steroid dienone is 1. The van der Waals surface area contributed by atoms with Crippen molar-refractivity contribution in [3.8, 4) is 0 Å². The molecule has 0 unspecified atom stereocenters. The fourth-order valence-electron chi connectivity index (χ4n) is 2.50. The minimum Gasteiger partial charge on any atom is -0.310 e. The van der Waals surface area contributed by atoms with Crippen LogP contribution in [0.3, 0.4) is 0 Å². The summed E-state index contributed by atoms with van der Waals surface area (Å²) < 4.78 is 0. The Bertz CT molecular complexity index is 424. The van der Waals surface area contributed by atoms with E-state index >= 15 is 0 Å². The lowest BCUT2D eigenvalue weighted by molar-refractivity contribution is 0.214. The molecule has 0 saturated carbocycles. The van der Waals surface area contributed by atoms with Crippen molar-refractivity contribution in [3.63, 3.8) is 0 Å². The normalized spacial score (nSPS) is 17.1. The smallest absolute Gasteiger partial charge is 0.0372 e. The Kier molecular flexibility index (Phi) is 5.74. The van der Waals surface area contributed by atoms with E-state index in [1.54, 1.807) is 0 Å². The van der Waals surface area contributed by atoms with Crippen LogP contribution in [0.5, 0.6) is 0 Å². The minimum absolute atomic E-state index is 0.652. The Balaban J connectivity index is 1.69. The van der Waals surface area contributed by atoms with Crippen LogP contribution >= 0.6 is 0 Å². The summed E-state index contributed by atoms with van der Waals surface area (Å²) in [6.07, 6.45) is 6.80. The van der Waals surface area contributed by atoms with Crippen LogP contribution in [0.1, 0.15) is 37.9 Å². The molecule has 0 spiro atoms. The van der Waals surface area contributed by atoms with Crippen LogP contribution in [-0.2, 0) is 6.54 Å². The Morgan fingerprint density at radius 2 is 2.10 bits per heavy atom. The molecule has 1 fully saturated rings. The predicted octanol–water partition coefficient (Wildman–Crippen LogP) is 2.91. The van der Waals surface area contributed by atoms with Crippen molar-refractivity contribution >= 4 is 0 Å². The van der Waals surface area contributed by atoms with Gasteiger partial charge in [-0.1, -0.05) is 17.7 Å². The van der Waals surface area contributed by atoms with Gasteiger partial charge in [0.05, 0.1) is 0 Å². The molecule has 110 valence electrons. The van der Waals surface area contributed by atoms with E-state index in [2.05, 4.69) is 47.3 Å². The molecule has 1 aliphatic rings. The van der Waals surface area contributed by atoms with Crippen LogP contribution in [0.2, 0.25) is 0 Å². The quantitative estimate of drug-likeness (QED) is 0.836. The number of pyridine rings is 1. The van der Waals surface area contributed by atoms with Crippen molar-refractivity contribution in [1.29, 1.82) is 0 Å². The molecule has 0 aromatic carbocycles. The molecule has 1 aromatic heterocycles. The molecular weight excluding hydrogens is 246 g/mol. The van der Waals surface area contributed by atoms with Gasteiger partial charge < -0.3 is 5.32 Å². The standard InChI is InChI=1S/C17H27N3/c1-14(2)6-9-20-10-7-17(8-11-20)19-13-16-5-4-15(3)18-12-16/h4-6,12,17,19H,7-11,13H2,1-3H3. The number of rotatable bonds is 5. The second-order valence-electron chi connectivity index (χ2n) is 6.05. The molecule has 2 rings (SSSR count). The van der Waals surface area contributed by atoms with E-state index in [9.17, 15) is 0 Å². The summed E-state index contributed by atoms with van der Waals surface area (Å²) in [5, 5.41) is 3.66. The molecule has 1 saturated heterocycles. The van der Waals surface area contributed by atoms with E-state index in [1.165, 1.54) is 37.1 Å². The van der Waals surface area contributed by atoms with Crippen molar-refractivity contribution in [3.05, 3.63) is 41.2 Å². The van der Waals surface area contributed by atoms with Gasteiger partial charge in [0.1, 0.15) is 0 Å². The number of aromatic nitrogens is 1. The van der Waals surface area contributed by atoms with E-state index in [0.29, 0.717) is 6.04 Å². The summed E-state index contributed by atoms with van der Waals surface area (Å²) in [6, 6.07) is 4.90. The molecule has 1 N–H and O–H groups in total. The summed E-state index contributed by atoms with van der Waals surface area (Å²) in [5.41, 5.74) is 3.78. The summed E-state index contributed by atoms with van der Waals surface area (Å²) in [5.74, 6) is 0. The summed E-state index contributed by atoms with van der Waals surface area (Å²) in [4.78, 5) is 6.88. The monoisotopic (exact) mass is 273 g/mol. The van der Waals surface area contributed by atoms with Crippen LogP contribution in [0.15, 0.2) is 30.0 Å². The van der Waals surface area contributed by atoms with Crippen LogP contribution in [-0.4, -0.2) is 35.6 Å². The molecule has 3 nitrogen and oxygen atoms in total. The van der Waals surface area contributed by atoms with Crippen molar-refractivity contribution in [2.24, 2.45) is 0 Å². The third kappa shape index (κ3) is 5.06. The lowest BCUT2D eigenvalue weighted by Gasteiger charge is -2.31. The van der Waals surface area contributed by atoms with Gasteiger partial charge in [-0.15, -0.1) is 0 Å². The maximum atomic E-state index is 4.34. The van der Waals surface area contributed by atoms with Crippen LogP contribution in [0, 0.1) is 6.92 Å². The second-order valence-corrected chi connectivity index (χ2v) is 6.05. The molecule has 3 heteroatoms. The summed E-state index contributed by atoms with van der Waals surface area (Å²) in [7, 11) is 0. The zero-order valence-electron chi connectivity index (χ0n) is 13.0. The molecular formula is C17H27N3. The van der Waals surface area contributed by atoms with Gasteiger partial charge in [-0.25, -0.2) is 0 Å². The first-order valence-electron chi connectivity index (χ1n) is 7.64. The first kappa shape index (κ1) is 15.2. The third-order valence-corrected chi connectivity index (χ3v) is 3.91. The zero-order chi connectivity index (χ0) is 14.4. The van der Waals surface area contributed by atoms with Crippen molar-refractivity contribution in [1.82, 2.24) is 15.2 Å². The molecule has 0 aliphatic carbocycles. The summed E-state index contributed by atoms with van der Waals surface area (Å²) in [6.45, 7) is 10.8. The molecule has 0 amide bonds. The van der Waals surface area contributed by atoms with Gasteiger partial charge >= 0.3 is 0 Å². The number of piperidine rings is 1. The van der Waals surface area contributed by atoms with Crippen molar-refractivity contribution in [2.45, 2.75) is 46.2 Å². The topological polar surface area (TPSA) is 28.2 Å². The summed E-state index contributed by atoms with van der Waals surface area (Å²) >= 11 is 0. The van der Waals surface area contributed by atoms with Gasteiger partial charge in [0.15, 0.2) is 0 Å². The number of likely N-dealkylation sites (tertiary alicyclic amines) is 1. The number of aryl methyl sites for hydroxylation is 1. The minimum atomic E-state index is 0.652. The first-order valence-corrected chi connectivity index (χ1v) is 7.64. The van der Waals surface area contributed by atoms with Crippen LogP contribution < -0.4 is 5.32 Å². The SMILES string of the molecule is CC(C)=CCN1CCC(NCc2ccc(C)nc2)CC1. The third-order valence-electron chi connectivity index (χ3n) is 3.91. The van der Waals surface area contributed by atoms with Gasteiger partial charge in [0, 0.05) is 31.0 Å². The molecule has 0 atom stereocenters. The van der Waals surface area contributed by atoms with E-state index < -0.39 is 0 Å². The average molecular weight is 273 g/mol. The number of nitrogens with zero attached hydrogens (tertiary/aromatic N) is 2. The lowest BCUT2D eigenvalue weighted by Crippen LogP contribution is -2.42. The van der Waals surface area contributed by atoms with Gasteiger partial charge in [-0.3, -0.25) is 9.88 Å². The number of nitrogens with one attached hydrogen (secondary N) is 1. The lowest BCUT2D eigenvalue weighted by atomic mass is 10.0. The van der Waals surface area contributed by atoms with Gasteiger partial charge in [0.25, 0.3) is 0 Å². The molecule has 0 bridgehead atoms. The maximum Gasteiger partial charge on any atom is 0.0372 e. The van der Waals surface area contributed by atoms with E-state index in [1.807, 2.05) is 13.1 Å². The van der Waals surface area contributed by atoms with Crippen LogP contribution in [0.25, 0.3) is 0 Å². The molecule has 1 aliphatic heterocycles. The maximum absolute atomic E-state index is 4.34. The molecule has 2 heterocycles. The predicted molar refractivity (Wildman–Crippen MR) is 84.7 cm³/mol. The molecule has 0 radical (unpaired) electrons. The van der Waals surface area contributed by atoms with E-state index in [0.717, 1.165) is 18.8 Å². The zero-order valence-corrected chi connectivity index (χ0v) is 13.0. The highest BCUT2D eigenvalue weighted by Gasteiger charge is 2.17. The fourth-order valence-corrected chi connectivity index (χ4v) is 2.50. The average Bonchev–Trinajstić information content (AvgIpc) is 2.45. The Morgan fingerprint density at radius 1 is 1.35 bits per heavy atom. The highest BCUT2D eigenvalue weighted by atomic mass is 15.1. The largest absolute Gasteiger partial charge is 0.310 e. The van der Waals surface area contributed by atoms with Crippen molar-refractivity contribution < 1.29 is 0 Å².